The summed E-state index contributed by atoms with van der Waals surface area (Å²) in [5.74, 6) is 2.46. The molecule has 3 heterocycles. The minimum Gasteiger partial charge on any atom is -0.342 e. The van der Waals surface area contributed by atoms with Gasteiger partial charge in [0.15, 0.2) is 0 Å². The summed E-state index contributed by atoms with van der Waals surface area (Å²) in [6, 6.07) is 32.7. The lowest BCUT2D eigenvalue weighted by Gasteiger charge is -2.32. The number of rotatable bonds is 7. The number of aromatic amines is 1. The van der Waals surface area contributed by atoms with Crippen molar-refractivity contribution in [2.45, 2.75) is 31.8 Å². The second-order valence-corrected chi connectivity index (χ2v) is 13.2. The summed E-state index contributed by atoms with van der Waals surface area (Å²) in [7, 11) is -3.37. The van der Waals surface area contributed by atoms with Crippen molar-refractivity contribution < 1.29 is 8.42 Å². The standard InChI is InChI=1S/C34H34N6O2S/c1-43(41,42)38-28-15-16-30-27(21-28)23-40(29-7-3-2-4-8-29)34(37-30)26-13-11-24(12-14-26)22-39-19-17-25(18-20-39)33-35-31-9-5-6-10-32(31)36-33/h2-16,21,25,38H,17-20,22-23H2,1H3,(H,35,36). The van der Waals surface area contributed by atoms with Gasteiger partial charge in [-0.1, -0.05) is 54.6 Å². The molecule has 0 unspecified atom stereocenters. The van der Waals surface area contributed by atoms with E-state index in [1.54, 1.807) is 6.07 Å². The number of hydrogen-bond acceptors (Lipinski definition) is 6. The Morgan fingerprint density at radius 2 is 1.65 bits per heavy atom. The summed E-state index contributed by atoms with van der Waals surface area (Å²) in [4.78, 5) is 18.1. The molecule has 0 spiro atoms. The van der Waals surface area contributed by atoms with Gasteiger partial charge in [-0.15, -0.1) is 0 Å². The Bertz CT molecular complexity index is 1860. The number of sulfonamides is 1. The summed E-state index contributed by atoms with van der Waals surface area (Å²) < 4.78 is 26.2. The smallest absolute Gasteiger partial charge is 0.229 e. The molecule has 2 aliphatic rings. The van der Waals surface area contributed by atoms with Gasteiger partial charge in [0.05, 0.1) is 29.5 Å². The number of anilines is 2. The van der Waals surface area contributed by atoms with Crippen LogP contribution in [-0.2, 0) is 23.1 Å². The van der Waals surface area contributed by atoms with Crippen molar-refractivity contribution >= 4 is 44.0 Å². The highest BCUT2D eigenvalue weighted by Gasteiger charge is 2.25. The van der Waals surface area contributed by atoms with E-state index in [1.165, 1.54) is 5.56 Å². The van der Waals surface area contributed by atoms with E-state index in [2.05, 4.69) is 68.0 Å². The number of benzene rings is 4. The number of fused-ring (bicyclic) bond motifs is 2. The molecule has 0 bridgehead atoms. The third-order valence-corrected chi connectivity index (χ3v) is 8.87. The molecule has 0 saturated carbocycles. The number of para-hydroxylation sites is 3. The molecule has 218 valence electrons. The van der Waals surface area contributed by atoms with Gasteiger partial charge < -0.3 is 9.88 Å². The van der Waals surface area contributed by atoms with Crippen LogP contribution in [0.1, 0.15) is 41.3 Å². The van der Waals surface area contributed by atoms with Crippen LogP contribution in [0.4, 0.5) is 17.1 Å². The number of aliphatic imine (C=N–C) groups is 1. The Hall–Kier alpha value is -4.47. The van der Waals surface area contributed by atoms with E-state index in [0.29, 0.717) is 18.2 Å². The van der Waals surface area contributed by atoms with Crippen LogP contribution in [-0.4, -0.2) is 48.5 Å². The van der Waals surface area contributed by atoms with Crippen LogP contribution in [0, 0.1) is 0 Å². The Morgan fingerprint density at radius 3 is 2.40 bits per heavy atom. The number of likely N-dealkylation sites (tertiary alicyclic amines) is 1. The number of piperidine rings is 1. The van der Waals surface area contributed by atoms with Crippen LogP contribution in [0.2, 0.25) is 0 Å². The zero-order valence-electron chi connectivity index (χ0n) is 24.1. The molecule has 2 N–H and O–H groups in total. The molecule has 2 aliphatic heterocycles. The highest BCUT2D eigenvalue weighted by Crippen LogP contribution is 2.34. The largest absolute Gasteiger partial charge is 0.342 e. The Morgan fingerprint density at radius 1 is 0.907 bits per heavy atom. The summed E-state index contributed by atoms with van der Waals surface area (Å²) in [6.45, 7) is 3.59. The third-order valence-electron chi connectivity index (χ3n) is 8.26. The van der Waals surface area contributed by atoms with E-state index in [1.807, 2.05) is 42.5 Å². The van der Waals surface area contributed by atoms with Crippen molar-refractivity contribution in [2.24, 2.45) is 4.99 Å². The molecular weight excluding hydrogens is 556 g/mol. The minimum absolute atomic E-state index is 0.473. The number of H-pyrrole nitrogens is 1. The first-order valence-corrected chi connectivity index (χ1v) is 16.6. The fraction of sp³-hybridized carbons (Fsp3) is 0.235. The lowest BCUT2D eigenvalue weighted by molar-refractivity contribution is 0.202. The first kappa shape index (κ1) is 27.4. The molecule has 1 aromatic heterocycles. The molecule has 4 aromatic carbocycles. The van der Waals surface area contributed by atoms with Crippen LogP contribution < -0.4 is 9.62 Å². The first-order chi connectivity index (χ1) is 20.9. The Kier molecular flexibility index (Phi) is 7.20. The molecule has 1 saturated heterocycles. The summed E-state index contributed by atoms with van der Waals surface area (Å²) >= 11 is 0. The second kappa shape index (κ2) is 11.3. The highest BCUT2D eigenvalue weighted by atomic mass is 32.2. The molecular formula is C34H34N6O2S. The molecule has 43 heavy (non-hydrogen) atoms. The first-order valence-electron chi connectivity index (χ1n) is 14.7. The van der Waals surface area contributed by atoms with E-state index < -0.39 is 10.0 Å². The quantitative estimate of drug-likeness (QED) is 0.228. The molecule has 9 heteroatoms. The maximum atomic E-state index is 11.8. The van der Waals surface area contributed by atoms with Gasteiger partial charge in [-0.05, 0) is 79.5 Å². The SMILES string of the molecule is CS(=O)(=O)Nc1ccc2c(c1)CN(c1ccccc1)C(c1ccc(CN3CCC(c4nc5ccccc5[nH]4)CC3)cc1)=N2. The molecule has 8 nitrogen and oxygen atoms in total. The van der Waals surface area contributed by atoms with Crippen LogP contribution in [0.15, 0.2) is 102 Å². The van der Waals surface area contributed by atoms with Gasteiger partial charge in [-0.25, -0.2) is 18.4 Å². The lowest BCUT2D eigenvalue weighted by atomic mass is 9.95. The average Bonchev–Trinajstić information content (AvgIpc) is 3.45. The molecule has 0 amide bonds. The number of amidine groups is 1. The Balaban J connectivity index is 1.07. The predicted octanol–water partition coefficient (Wildman–Crippen LogP) is 6.41. The van der Waals surface area contributed by atoms with E-state index in [0.717, 1.165) is 83.9 Å². The van der Waals surface area contributed by atoms with E-state index >= 15 is 0 Å². The van der Waals surface area contributed by atoms with Crippen LogP contribution in [0.25, 0.3) is 11.0 Å². The van der Waals surface area contributed by atoms with Gasteiger partial charge >= 0.3 is 0 Å². The van der Waals surface area contributed by atoms with Gasteiger partial charge in [0, 0.05) is 29.4 Å². The van der Waals surface area contributed by atoms with Crippen LogP contribution in [0.3, 0.4) is 0 Å². The molecule has 1 fully saturated rings. The van der Waals surface area contributed by atoms with Gasteiger partial charge in [0.25, 0.3) is 0 Å². The van der Waals surface area contributed by atoms with Crippen LogP contribution >= 0.6 is 0 Å². The topological polar surface area (TPSA) is 93.7 Å². The van der Waals surface area contributed by atoms with Crippen molar-refractivity contribution in [3.63, 3.8) is 0 Å². The molecule has 0 radical (unpaired) electrons. The van der Waals surface area contributed by atoms with Gasteiger partial charge in [0.1, 0.15) is 11.7 Å². The second-order valence-electron chi connectivity index (χ2n) is 11.5. The molecule has 0 aliphatic carbocycles. The van der Waals surface area contributed by atoms with Gasteiger partial charge in [0.2, 0.25) is 10.0 Å². The van der Waals surface area contributed by atoms with Crippen molar-refractivity contribution in [3.8, 4) is 0 Å². The fourth-order valence-corrected chi connectivity index (χ4v) is 6.66. The van der Waals surface area contributed by atoms with E-state index in [9.17, 15) is 8.42 Å². The maximum Gasteiger partial charge on any atom is 0.229 e. The predicted molar refractivity (Wildman–Crippen MR) is 174 cm³/mol. The van der Waals surface area contributed by atoms with E-state index in [-0.39, 0.29) is 0 Å². The zero-order valence-corrected chi connectivity index (χ0v) is 24.9. The normalized spacial score (nSPS) is 16.2. The van der Waals surface area contributed by atoms with E-state index in [4.69, 9.17) is 9.98 Å². The highest BCUT2D eigenvalue weighted by molar-refractivity contribution is 7.92. The summed E-state index contributed by atoms with van der Waals surface area (Å²) in [5, 5.41) is 0. The van der Waals surface area contributed by atoms with Gasteiger partial charge in [-0.2, -0.15) is 0 Å². The third kappa shape index (κ3) is 6.04. The summed E-state index contributed by atoms with van der Waals surface area (Å²) in [5.41, 5.74) is 7.87. The minimum atomic E-state index is -3.37. The number of hydrogen-bond donors (Lipinski definition) is 2. The number of nitrogens with zero attached hydrogens (tertiary/aromatic N) is 4. The van der Waals surface area contributed by atoms with Crippen molar-refractivity contribution in [1.82, 2.24) is 14.9 Å². The molecule has 7 rings (SSSR count). The number of nitrogens with one attached hydrogen (secondary N) is 2. The average molecular weight is 591 g/mol. The zero-order chi connectivity index (χ0) is 29.4. The maximum absolute atomic E-state index is 11.8. The molecule has 5 aromatic rings. The molecule has 0 atom stereocenters. The van der Waals surface area contributed by atoms with Crippen molar-refractivity contribution in [2.75, 3.05) is 29.0 Å². The summed E-state index contributed by atoms with van der Waals surface area (Å²) in [6.07, 6.45) is 3.36. The van der Waals surface area contributed by atoms with Gasteiger partial charge in [-0.3, -0.25) is 9.62 Å². The van der Waals surface area contributed by atoms with Crippen molar-refractivity contribution in [3.05, 3.63) is 120 Å². The van der Waals surface area contributed by atoms with Crippen LogP contribution in [0.5, 0.6) is 0 Å². The number of aromatic nitrogens is 2. The number of imidazole rings is 1. The van der Waals surface area contributed by atoms with Crippen molar-refractivity contribution in [1.29, 1.82) is 0 Å². The monoisotopic (exact) mass is 590 g/mol. The fourth-order valence-electron chi connectivity index (χ4n) is 6.11. The Labute approximate surface area is 252 Å². The lowest BCUT2D eigenvalue weighted by Crippen LogP contribution is -2.34.